The Hall–Kier alpha value is -4.04. The predicted octanol–water partition coefficient (Wildman–Crippen LogP) is 5.41. The van der Waals surface area contributed by atoms with Crippen molar-refractivity contribution in [2.24, 2.45) is 5.92 Å². The summed E-state index contributed by atoms with van der Waals surface area (Å²) in [6.07, 6.45) is 1.89. The number of carbonyl (C=O) groups is 3. The average Bonchev–Trinajstić information content (AvgIpc) is 3.47. The molecule has 0 radical (unpaired) electrons. The Morgan fingerprint density at radius 2 is 1.74 bits per heavy atom. The molecule has 8 heteroatoms. The second kappa shape index (κ2) is 10.6. The molecule has 0 aliphatic carbocycles. The van der Waals surface area contributed by atoms with E-state index in [0.29, 0.717) is 50.0 Å². The van der Waals surface area contributed by atoms with Crippen LogP contribution >= 0.6 is 11.3 Å². The normalized spacial score (nSPS) is 15.7. The van der Waals surface area contributed by atoms with Gasteiger partial charge in [-0.2, -0.15) is 0 Å². The van der Waals surface area contributed by atoms with Crippen LogP contribution in [0.5, 0.6) is 0 Å². The zero-order chi connectivity index (χ0) is 26.9. The van der Waals surface area contributed by atoms with E-state index in [9.17, 15) is 18.8 Å². The van der Waals surface area contributed by atoms with Gasteiger partial charge in [0.25, 0.3) is 11.8 Å². The van der Waals surface area contributed by atoms with Crippen molar-refractivity contribution in [3.63, 3.8) is 0 Å². The molecular formula is C31H28FN3O3S. The van der Waals surface area contributed by atoms with Gasteiger partial charge in [-0.25, -0.2) is 4.39 Å². The van der Waals surface area contributed by atoms with Gasteiger partial charge in [-0.15, -0.1) is 11.3 Å². The Bertz CT molecular complexity index is 1540. The van der Waals surface area contributed by atoms with E-state index < -0.39 is 0 Å². The number of nitrogens with zero attached hydrogens (tertiary/aromatic N) is 2. The molecule has 0 unspecified atom stereocenters. The van der Waals surface area contributed by atoms with Crippen molar-refractivity contribution in [1.29, 1.82) is 0 Å². The monoisotopic (exact) mass is 541 g/mol. The fourth-order valence-electron chi connectivity index (χ4n) is 5.54. The Labute approximate surface area is 230 Å². The predicted molar refractivity (Wildman–Crippen MR) is 151 cm³/mol. The molecule has 2 aliphatic rings. The first-order chi connectivity index (χ1) is 19.0. The number of fused-ring (bicyclic) bond motifs is 2. The van der Waals surface area contributed by atoms with Crippen molar-refractivity contribution in [3.05, 3.63) is 100 Å². The van der Waals surface area contributed by atoms with Crippen molar-refractivity contribution in [1.82, 2.24) is 10.2 Å². The summed E-state index contributed by atoms with van der Waals surface area (Å²) >= 11 is 1.60. The van der Waals surface area contributed by atoms with E-state index in [2.05, 4.69) is 10.2 Å². The first-order valence-corrected chi connectivity index (χ1v) is 14.0. The molecule has 3 aromatic carbocycles. The molecule has 3 heterocycles. The lowest BCUT2D eigenvalue weighted by atomic mass is 9.94. The molecular weight excluding hydrogens is 513 g/mol. The molecule has 198 valence electrons. The van der Waals surface area contributed by atoms with E-state index in [4.69, 9.17) is 0 Å². The summed E-state index contributed by atoms with van der Waals surface area (Å²) in [6.45, 7) is 1.95. The van der Waals surface area contributed by atoms with Gasteiger partial charge in [-0.3, -0.25) is 19.3 Å². The third-order valence-electron chi connectivity index (χ3n) is 7.58. The van der Waals surface area contributed by atoms with Crippen LogP contribution in [0, 0.1) is 11.7 Å². The SMILES string of the molecule is O=C(NCCc1cccc(F)c1)C1CCN(c2cccc3c2C(=O)N(Cc2cc4ccccc4s2)C3=O)CC1. The van der Waals surface area contributed by atoms with Crippen LogP contribution in [-0.2, 0) is 17.8 Å². The number of halogens is 1. The number of rotatable bonds is 7. The van der Waals surface area contributed by atoms with Crippen molar-refractivity contribution >= 4 is 44.8 Å². The number of benzene rings is 3. The van der Waals surface area contributed by atoms with Gasteiger partial charge in [-0.05, 0) is 66.6 Å². The Morgan fingerprint density at radius 3 is 2.54 bits per heavy atom. The smallest absolute Gasteiger partial charge is 0.264 e. The van der Waals surface area contributed by atoms with E-state index >= 15 is 0 Å². The molecule has 39 heavy (non-hydrogen) atoms. The lowest BCUT2D eigenvalue weighted by molar-refractivity contribution is -0.125. The summed E-state index contributed by atoms with van der Waals surface area (Å²) in [5.41, 5.74) is 2.51. The van der Waals surface area contributed by atoms with Crippen molar-refractivity contribution in [2.75, 3.05) is 24.5 Å². The van der Waals surface area contributed by atoms with Crippen molar-refractivity contribution < 1.29 is 18.8 Å². The lowest BCUT2D eigenvalue weighted by Crippen LogP contribution is -2.41. The number of amides is 3. The fraction of sp³-hybridized carbons (Fsp3) is 0.258. The van der Waals surface area contributed by atoms with Crippen LogP contribution in [0.25, 0.3) is 10.1 Å². The molecule has 6 nitrogen and oxygen atoms in total. The molecule has 0 saturated carbocycles. The quantitative estimate of drug-likeness (QED) is 0.318. The number of hydrogen-bond donors (Lipinski definition) is 1. The van der Waals surface area contributed by atoms with Crippen LogP contribution in [0.4, 0.5) is 10.1 Å². The first kappa shape index (κ1) is 25.2. The molecule has 1 saturated heterocycles. The maximum Gasteiger partial charge on any atom is 0.264 e. The van der Waals surface area contributed by atoms with Gasteiger partial charge in [0.1, 0.15) is 5.82 Å². The van der Waals surface area contributed by atoms with Gasteiger partial charge in [0.2, 0.25) is 5.91 Å². The van der Waals surface area contributed by atoms with Crippen LogP contribution < -0.4 is 10.2 Å². The summed E-state index contributed by atoms with van der Waals surface area (Å²) < 4.78 is 14.5. The van der Waals surface area contributed by atoms with Crippen LogP contribution in [-0.4, -0.2) is 42.3 Å². The minimum Gasteiger partial charge on any atom is -0.371 e. The highest BCUT2D eigenvalue weighted by Crippen LogP contribution is 2.36. The molecule has 0 spiro atoms. The number of thiophene rings is 1. The van der Waals surface area contributed by atoms with E-state index in [1.165, 1.54) is 17.0 Å². The fourth-order valence-corrected chi connectivity index (χ4v) is 6.60. The summed E-state index contributed by atoms with van der Waals surface area (Å²) in [4.78, 5) is 43.9. The van der Waals surface area contributed by atoms with Crippen molar-refractivity contribution in [3.8, 4) is 0 Å². The number of hydrogen-bond acceptors (Lipinski definition) is 5. The number of piperidine rings is 1. The molecule has 0 bridgehead atoms. The first-order valence-electron chi connectivity index (χ1n) is 13.2. The zero-order valence-corrected chi connectivity index (χ0v) is 22.2. The van der Waals surface area contributed by atoms with E-state index in [1.54, 1.807) is 23.5 Å². The Morgan fingerprint density at radius 1 is 0.949 bits per heavy atom. The van der Waals surface area contributed by atoms with Crippen LogP contribution in [0.3, 0.4) is 0 Å². The highest BCUT2D eigenvalue weighted by molar-refractivity contribution is 7.19. The summed E-state index contributed by atoms with van der Waals surface area (Å²) in [5, 5.41) is 4.09. The minimum atomic E-state index is -0.276. The second-order valence-electron chi connectivity index (χ2n) is 10.1. The second-order valence-corrected chi connectivity index (χ2v) is 11.2. The van der Waals surface area contributed by atoms with E-state index in [0.717, 1.165) is 26.2 Å². The standard InChI is InChI=1S/C31H28FN3O3S/c32-23-7-3-5-20(17-23)11-14-33-29(36)21-12-15-34(16-13-21)26-9-4-8-25-28(26)31(38)35(30(25)37)19-24-18-22-6-1-2-10-27(22)39-24/h1-10,17-18,21H,11-16,19H2,(H,33,36). The summed E-state index contributed by atoms with van der Waals surface area (Å²) in [5.74, 6) is -0.915. The lowest BCUT2D eigenvalue weighted by Gasteiger charge is -2.33. The number of anilines is 1. The average molecular weight is 542 g/mol. The van der Waals surface area contributed by atoms with Crippen molar-refractivity contribution in [2.45, 2.75) is 25.8 Å². The number of nitrogens with one attached hydrogen (secondary N) is 1. The Balaban J connectivity index is 1.09. The highest BCUT2D eigenvalue weighted by Gasteiger charge is 2.39. The topological polar surface area (TPSA) is 69.7 Å². The third-order valence-corrected chi connectivity index (χ3v) is 8.68. The van der Waals surface area contributed by atoms with Gasteiger partial charge in [-0.1, -0.05) is 36.4 Å². The molecule has 1 fully saturated rings. The zero-order valence-electron chi connectivity index (χ0n) is 21.4. The third kappa shape index (κ3) is 5.04. The molecule has 3 amide bonds. The van der Waals surface area contributed by atoms with Crippen LogP contribution in [0.2, 0.25) is 0 Å². The maximum absolute atomic E-state index is 13.5. The minimum absolute atomic E-state index is 0.00473. The molecule has 1 aromatic heterocycles. The molecule has 2 aliphatic heterocycles. The molecule has 6 rings (SSSR count). The van der Waals surface area contributed by atoms with E-state index in [-0.39, 0.29) is 36.0 Å². The largest absolute Gasteiger partial charge is 0.371 e. The molecule has 4 aromatic rings. The maximum atomic E-state index is 13.5. The number of carbonyl (C=O) groups excluding carboxylic acids is 3. The molecule has 1 N–H and O–H groups in total. The van der Waals surface area contributed by atoms with Gasteiger partial charge in [0.05, 0.1) is 23.4 Å². The highest BCUT2D eigenvalue weighted by atomic mass is 32.1. The summed E-state index contributed by atoms with van der Waals surface area (Å²) in [6, 6.07) is 21.9. The van der Waals surface area contributed by atoms with E-state index in [1.807, 2.05) is 48.5 Å². The number of imide groups is 1. The van der Waals surface area contributed by atoms with Gasteiger partial charge >= 0.3 is 0 Å². The van der Waals surface area contributed by atoms with Crippen LogP contribution in [0.15, 0.2) is 72.8 Å². The van der Waals surface area contributed by atoms with Gasteiger partial charge < -0.3 is 10.2 Å². The van der Waals surface area contributed by atoms with Crippen LogP contribution in [0.1, 0.15) is 44.0 Å². The Kier molecular flexibility index (Phi) is 6.87. The van der Waals surface area contributed by atoms with Gasteiger partial charge in [0.15, 0.2) is 0 Å². The molecule has 0 atom stereocenters. The van der Waals surface area contributed by atoms with Gasteiger partial charge in [0, 0.05) is 35.1 Å². The summed E-state index contributed by atoms with van der Waals surface area (Å²) in [7, 11) is 0.